The highest BCUT2D eigenvalue weighted by Gasteiger charge is 2.21. The molecule has 1 saturated heterocycles. The Hall–Kier alpha value is -1.56. The molecule has 6 heteroatoms. The standard InChI is InChI=1S/C19H16BrClN2OS/c20-13-5-6-18-14(11-13)19(24)17(12-25-18)23-9-7-22(8-10-23)16-4-2-1-3-15(16)21/h1-6,11-12H,7-10H2. The normalized spacial score (nSPS) is 15.0. The first-order valence-corrected chi connectivity index (χ1v) is 10.1. The van der Waals surface area contributed by atoms with Gasteiger partial charge in [0.1, 0.15) is 0 Å². The zero-order valence-electron chi connectivity index (χ0n) is 13.4. The Balaban J connectivity index is 1.59. The monoisotopic (exact) mass is 434 g/mol. The van der Waals surface area contributed by atoms with E-state index in [1.165, 1.54) is 0 Å². The highest BCUT2D eigenvalue weighted by atomic mass is 79.9. The second-order valence-corrected chi connectivity index (χ2v) is 8.25. The lowest BCUT2D eigenvalue weighted by Gasteiger charge is -2.37. The van der Waals surface area contributed by atoms with E-state index in [1.54, 1.807) is 11.3 Å². The second-order valence-electron chi connectivity index (χ2n) is 6.02. The molecule has 0 N–H and O–H groups in total. The van der Waals surface area contributed by atoms with Crippen LogP contribution in [-0.4, -0.2) is 26.2 Å². The first-order chi connectivity index (χ1) is 12.1. The molecule has 3 nitrogen and oxygen atoms in total. The number of nitrogens with zero attached hydrogens (tertiary/aromatic N) is 2. The van der Waals surface area contributed by atoms with E-state index in [9.17, 15) is 4.79 Å². The van der Waals surface area contributed by atoms with Crippen molar-refractivity contribution in [2.75, 3.05) is 36.0 Å². The van der Waals surface area contributed by atoms with Crippen LogP contribution in [0, 0.1) is 0 Å². The molecule has 1 aliphatic rings. The summed E-state index contributed by atoms with van der Waals surface area (Å²) in [6.07, 6.45) is 0. The van der Waals surface area contributed by atoms with Gasteiger partial charge in [0.05, 0.1) is 16.4 Å². The Labute approximate surface area is 163 Å². The lowest BCUT2D eigenvalue weighted by molar-refractivity contribution is 0.653. The molecule has 1 aliphatic heterocycles. The first kappa shape index (κ1) is 16.9. The minimum absolute atomic E-state index is 0.112. The van der Waals surface area contributed by atoms with Gasteiger partial charge in [-0.1, -0.05) is 39.7 Å². The van der Waals surface area contributed by atoms with Crippen molar-refractivity contribution in [1.82, 2.24) is 0 Å². The van der Waals surface area contributed by atoms with E-state index in [-0.39, 0.29) is 5.43 Å². The molecule has 25 heavy (non-hydrogen) atoms. The summed E-state index contributed by atoms with van der Waals surface area (Å²) in [6.45, 7) is 3.33. The Morgan fingerprint density at radius 3 is 2.36 bits per heavy atom. The average molecular weight is 436 g/mol. The minimum Gasteiger partial charge on any atom is -0.367 e. The van der Waals surface area contributed by atoms with Crippen LogP contribution in [0.5, 0.6) is 0 Å². The predicted octanol–water partition coefficient (Wildman–Crippen LogP) is 5.00. The number of para-hydroxylation sites is 1. The van der Waals surface area contributed by atoms with Crippen molar-refractivity contribution in [3.8, 4) is 0 Å². The molecule has 0 spiro atoms. The number of benzene rings is 2. The number of anilines is 2. The molecule has 0 amide bonds. The summed E-state index contributed by atoms with van der Waals surface area (Å²) in [6, 6.07) is 13.8. The van der Waals surface area contributed by atoms with Gasteiger partial charge in [0.15, 0.2) is 0 Å². The average Bonchev–Trinajstić information content (AvgIpc) is 2.63. The van der Waals surface area contributed by atoms with Crippen LogP contribution in [0.1, 0.15) is 0 Å². The maximum Gasteiger partial charge on any atom is 0.211 e. The maximum atomic E-state index is 12.9. The summed E-state index contributed by atoms with van der Waals surface area (Å²) in [4.78, 5) is 17.4. The summed E-state index contributed by atoms with van der Waals surface area (Å²) >= 11 is 11.4. The summed E-state index contributed by atoms with van der Waals surface area (Å²) in [5.41, 5.74) is 1.98. The van der Waals surface area contributed by atoms with E-state index >= 15 is 0 Å². The smallest absolute Gasteiger partial charge is 0.211 e. The number of halogens is 2. The fourth-order valence-corrected chi connectivity index (χ4v) is 4.74. The second kappa shape index (κ2) is 6.98. The van der Waals surface area contributed by atoms with Gasteiger partial charge < -0.3 is 9.80 Å². The van der Waals surface area contributed by atoms with Gasteiger partial charge in [-0.15, -0.1) is 11.3 Å². The Morgan fingerprint density at radius 2 is 1.64 bits per heavy atom. The van der Waals surface area contributed by atoms with Gasteiger partial charge in [-0.2, -0.15) is 0 Å². The van der Waals surface area contributed by atoms with E-state index in [1.807, 2.05) is 47.8 Å². The van der Waals surface area contributed by atoms with E-state index in [0.29, 0.717) is 0 Å². The van der Waals surface area contributed by atoms with Gasteiger partial charge in [0.25, 0.3) is 0 Å². The maximum absolute atomic E-state index is 12.9. The fraction of sp³-hybridized carbons (Fsp3) is 0.211. The summed E-state index contributed by atoms with van der Waals surface area (Å²) < 4.78 is 1.96. The third kappa shape index (κ3) is 3.28. The van der Waals surface area contributed by atoms with Crippen molar-refractivity contribution in [3.05, 3.63) is 67.6 Å². The summed E-state index contributed by atoms with van der Waals surface area (Å²) in [5.74, 6) is 0. The molecule has 2 aromatic carbocycles. The SMILES string of the molecule is O=c1c(N2CCN(c3ccccc3Cl)CC2)csc2ccc(Br)cc12. The van der Waals surface area contributed by atoms with Gasteiger partial charge in [0, 0.05) is 46.1 Å². The molecule has 2 heterocycles. The molecule has 0 unspecified atom stereocenters. The number of fused-ring (bicyclic) bond motifs is 1. The van der Waals surface area contributed by atoms with E-state index in [2.05, 4.69) is 25.7 Å². The van der Waals surface area contributed by atoms with Crippen LogP contribution in [0.4, 0.5) is 11.4 Å². The van der Waals surface area contributed by atoms with E-state index < -0.39 is 0 Å². The highest BCUT2D eigenvalue weighted by molar-refractivity contribution is 9.10. The quantitative estimate of drug-likeness (QED) is 0.566. The molecule has 0 bridgehead atoms. The van der Waals surface area contributed by atoms with Gasteiger partial charge in [-0.25, -0.2) is 0 Å². The molecular weight excluding hydrogens is 420 g/mol. The molecule has 0 atom stereocenters. The number of hydrogen-bond donors (Lipinski definition) is 0. The molecule has 0 radical (unpaired) electrons. The van der Waals surface area contributed by atoms with Crippen LogP contribution in [-0.2, 0) is 0 Å². The van der Waals surface area contributed by atoms with Crippen molar-refractivity contribution >= 4 is 60.3 Å². The first-order valence-electron chi connectivity index (χ1n) is 8.09. The lowest BCUT2D eigenvalue weighted by atomic mass is 10.2. The molecule has 3 aromatic rings. The van der Waals surface area contributed by atoms with Crippen molar-refractivity contribution in [2.24, 2.45) is 0 Å². The minimum atomic E-state index is 0.112. The van der Waals surface area contributed by atoms with Crippen molar-refractivity contribution < 1.29 is 0 Å². The fourth-order valence-electron chi connectivity index (χ4n) is 3.21. The lowest BCUT2D eigenvalue weighted by Crippen LogP contribution is -2.47. The summed E-state index contributed by atoms with van der Waals surface area (Å²) in [7, 11) is 0. The molecule has 128 valence electrons. The molecular formula is C19H16BrClN2OS. The third-order valence-electron chi connectivity index (χ3n) is 4.53. The van der Waals surface area contributed by atoms with Crippen molar-refractivity contribution in [2.45, 2.75) is 0 Å². The number of hydrogen-bond acceptors (Lipinski definition) is 4. The van der Waals surface area contributed by atoms with E-state index in [4.69, 9.17) is 11.6 Å². The van der Waals surface area contributed by atoms with Gasteiger partial charge in [-0.3, -0.25) is 4.79 Å². The van der Waals surface area contributed by atoms with Crippen LogP contribution in [0.2, 0.25) is 5.02 Å². The Kier molecular flexibility index (Phi) is 4.71. The summed E-state index contributed by atoms with van der Waals surface area (Å²) in [5, 5.41) is 3.55. The zero-order chi connectivity index (χ0) is 17.4. The number of piperazine rings is 1. The largest absolute Gasteiger partial charge is 0.367 e. The van der Waals surface area contributed by atoms with Crippen LogP contribution in [0.15, 0.2) is 57.1 Å². The van der Waals surface area contributed by atoms with Crippen molar-refractivity contribution in [3.63, 3.8) is 0 Å². The predicted molar refractivity (Wildman–Crippen MR) is 112 cm³/mol. The Morgan fingerprint density at radius 1 is 0.960 bits per heavy atom. The van der Waals surface area contributed by atoms with Crippen molar-refractivity contribution in [1.29, 1.82) is 0 Å². The third-order valence-corrected chi connectivity index (χ3v) is 6.29. The topological polar surface area (TPSA) is 23.6 Å². The van der Waals surface area contributed by atoms with Crippen LogP contribution in [0.3, 0.4) is 0 Å². The van der Waals surface area contributed by atoms with Gasteiger partial charge in [-0.05, 0) is 30.3 Å². The molecule has 1 fully saturated rings. The van der Waals surface area contributed by atoms with E-state index in [0.717, 1.165) is 57.1 Å². The Bertz CT molecular complexity index is 983. The molecule has 0 aliphatic carbocycles. The van der Waals surface area contributed by atoms with Crippen LogP contribution in [0.25, 0.3) is 10.1 Å². The molecule has 1 aromatic heterocycles. The highest BCUT2D eigenvalue weighted by Crippen LogP contribution is 2.28. The number of rotatable bonds is 2. The molecule has 0 saturated carbocycles. The van der Waals surface area contributed by atoms with Crippen LogP contribution < -0.4 is 15.2 Å². The van der Waals surface area contributed by atoms with Gasteiger partial charge in [0.2, 0.25) is 5.43 Å². The zero-order valence-corrected chi connectivity index (χ0v) is 16.6. The van der Waals surface area contributed by atoms with Gasteiger partial charge >= 0.3 is 0 Å². The van der Waals surface area contributed by atoms with Crippen LogP contribution >= 0.6 is 38.9 Å². The molecule has 4 rings (SSSR count).